The summed E-state index contributed by atoms with van der Waals surface area (Å²) in [5, 5.41) is 4.46. The van der Waals surface area contributed by atoms with Crippen molar-refractivity contribution in [1.82, 2.24) is 24.2 Å². The van der Waals surface area contributed by atoms with Crippen LogP contribution in [0, 0.1) is 0 Å². The summed E-state index contributed by atoms with van der Waals surface area (Å²) in [5.74, 6) is 0.682. The quantitative estimate of drug-likeness (QED) is 0.553. The molecule has 0 atom stereocenters. The summed E-state index contributed by atoms with van der Waals surface area (Å²) in [7, 11) is 1.62. The number of imidazole rings is 1. The van der Waals surface area contributed by atoms with Crippen LogP contribution in [0.1, 0.15) is 29.4 Å². The number of nitrogens with zero attached hydrogens (tertiary/aromatic N) is 4. The van der Waals surface area contributed by atoms with Gasteiger partial charge in [0, 0.05) is 25.3 Å². The van der Waals surface area contributed by atoms with Crippen molar-refractivity contribution in [3.8, 4) is 11.4 Å². The summed E-state index contributed by atoms with van der Waals surface area (Å²) < 4.78 is 8.69. The Morgan fingerprint density at radius 1 is 1.06 bits per heavy atom. The lowest BCUT2D eigenvalue weighted by Gasteiger charge is -2.32. The fourth-order valence-corrected chi connectivity index (χ4v) is 4.24. The molecule has 1 saturated heterocycles. The van der Waals surface area contributed by atoms with E-state index in [1.165, 1.54) is 0 Å². The van der Waals surface area contributed by atoms with E-state index in [0.29, 0.717) is 18.8 Å². The highest BCUT2D eigenvalue weighted by molar-refractivity contribution is 5.92. The molecule has 0 saturated carbocycles. The van der Waals surface area contributed by atoms with E-state index in [-0.39, 0.29) is 17.6 Å². The van der Waals surface area contributed by atoms with E-state index >= 15 is 0 Å². The summed E-state index contributed by atoms with van der Waals surface area (Å²) in [4.78, 5) is 30.2. The molecule has 31 heavy (non-hydrogen) atoms. The van der Waals surface area contributed by atoms with E-state index in [1.807, 2.05) is 58.0 Å². The van der Waals surface area contributed by atoms with Crippen molar-refractivity contribution >= 4 is 16.9 Å². The number of ether oxygens (including phenoxy) is 1. The molecule has 0 unspecified atom stereocenters. The summed E-state index contributed by atoms with van der Waals surface area (Å²) >= 11 is 0. The fraction of sp³-hybridized carbons (Fsp3) is 0.261. The predicted molar refractivity (Wildman–Crippen MR) is 117 cm³/mol. The molecule has 1 aliphatic heterocycles. The Bertz CT molecular complexity index is 1280. The molecule has 0 radical (unpaired) electrons. The lowest BCUT2D eigenvalue weighted by molar-refractivity contribution is 0.0688. The molecule has 1 amide bonds. The number of hydrogen-bond acceptors (Lipinski definition) is 4. The third-order valence-corrected chi connectivity index (χ3v) is 5.89. The average molecular weight is 417 g/mol. The SMILES string of the molecule is COc1ccc(-n2ccc(C(=O)N3CCC(n4c(=O)[nH]c5ccccc54)CC3)n2)cc1. The van der Waals surface area contributed by atoms with Gasteiger partial charge >= 0.3 is 5.69 Å². The zero-order valence-electron chi connectivity index (χ0n) is 17.2. The third-order valence-electron chi connectivity index (χ3n) is 5.89. The Morgan fingerprint density at radius 2 is 1.81 bits per heavy atom. The van der Waals surface area contributed by atoms with Gasteiger partial charge in [-0.05, 0) is 55.3 Å². The Balaban J connectivity index is 1.28. The smallest absolute Gasteiger partial charge is 0.326 e. The molecule has 158 valence electrons. The minimum Gasteiger partial charge on any atom is -0.497 e. The highest BCUT2D eigenvalue weighted by atomic mass is 16.5. The molecular weight excluding hydrogens is 394 g/mol. The van der Waals surface area contributed by atoms with E-state index < -0.39 is 0 Å². The second-order valence-corrected chi connectivity index (χ2v) is 7.68. The van der Waals surface area contributed by atoms with Crippen molar-refractivity contribution in [1.29, 1.82) is 0 Å². The van der Waals surface area contributed by atoms with Gasteiger partial charge in [0.15, 0.2) is 5.69 Å². The van der Waals surface area contributed by atoms with Crippen molar-refractivity contribution in [3.05, 3.63) is 77.0 Å². The van der Waals surface area contributed by atoms with Crippen LogP contribution in [0.5, 0.6) is 5.75 Å². The molecule has 8 heteroatoms. The number of aromatic nitrogens is 4. The zero-order chi connectivity index (χ0) is 21.4. The minimum atomic E-state index is -0.0933. The van der Waals surface area contributed by atoms with E-state index in [1.54, 1.807) is 24.1 Å². The molecule has 0 bridgehead atoms. The van der Waals surface area contributed by atoms with Gasteiger partial charge in [-0.1, -0.05) is 12.1 Å². The zero-order valence-corrected chi connectivity index (χ0v) is 17.2. The number of carbonyl (C=O) groups is 1. The lowest BCUT2D eigenvalue weighted by Crippen LogP contribution is -2.40. The first kappa shape index (κ1) is 19.2. The second-order valence-electron chi connectivity index (χ2n) is 7.68. The maximum absolute atomic E-state index is 13.0. The van der Waals surface area contributed by atoms with Gasteiger partial charge < -0.3 is 14.6 Å². The lowest BCUT2D eigenvalue weighted by atomic mass is 10.0. The first-order valence-electron chi connectivity index (χ1n) is 10.3. The van der Waals surface area contributed by atoms with Crippen LogP contribution in [-0.2, 0) is 0 Å². The Kier molecular flexibility index (Phi) is 4.82. The van der Waals surface area contributed by atoms with Crippen LogP contribution in [0.2, 0.25) is 0 Å². The molecule has 1 aliphatic rings. The van der Waals surface area contributed by atoms with Gasteiger partial charge in [0.1, 0.15) is 5.75 Å². The summed E-state index contributed by atoms with van der Waals surface area (Å²) in [6, 6.07) is 17.0. The van der Waals surface area contributed by atoms with Crippen molar-refractivity contribution < 1.29 is 9.53 Å². The number of fused-ring (bicyclic) bond motifs is 1. The monoisotopic (exact) mass is 417 g/mol. The van der Waals surface area contributed by atoms with Gasteiger partial charge in [0.25, 0.3) is 5.91 Å². The number of methoxy groups -OCH3 is 1. The number of hydrogen-bond donors (Lipinski definition) is 1. The molecule has 1 N–H and O–H groups in total. The highest BCUT2D eigenvalue weighted by Gasteiger charge is 2.27. The normalized spacial score (nSPS) is 14.8. The number of para-hydroxylation sites is 2. The molecule has 2 aromatic heterocycles. The van der Waals surface area contributed by atoms with Gasteiger partial charge in [0.2, 0.25) is 0 Å². The first-order chi connectivity index (χ1) is 15.1. The number of piperidine rings is 1. The van der Waals surface area contributed by atoms with Crippen molar-refractivity contribution in [2.75, 3.05) is 20.2 Å². The van der Waals surface area contributed by atoms with Gasteiger partial charge in [-0.25, -0.2) is 9.48 Å². The molecule has 0 spiro atoms. The van der Waals surface area contributed by atoms with E-state index in [0.717, 1.165) is 35.3 Å². The molecule has 1 fully saturated rings. The van der Waals surface area contributed by atoms with Gasteiger partial charge in [-0.2, -0.15) is 5.10 Å². The molecule has 5 rings (SSSR count). The number of H-pyrrole nitrogens is 1. The summed E-state index contributed by atoms with van der Waals surface area (Å²) in [5.41, 5.74) is 2.94. The summed E-state index contributed by atoms with van der Waals surface area (Å²) in [6.07, 6.45) is 3.24. The van der Waals surface area contributed by atoms with Gasteiger partial charge in [-0.3, -0.25) is 9.36 Å². The molecule has 2 aromatic carbocycles. The van der Waals surface area contributed by atoms with Gasteiger partial charge in [0.05, 0.1) is 23.8 Å². The minimum absolute atomic E-state index is 0.0737. The molecular formula is C23H23N5O3. The first-order valence-corrected chi connectivity index (χ1v) is 10.3. The number of nitrogens with one attached hydrogen (secondary N) is 1. The number of carbonyl (C=O) groups excluding carboxylic acids is 1. The second kappa shape index (κ2) is 7.79. The largest absolute Gasteiger partial charge is 0.497 e. The Hall–Kier alpha value is -3.81. The Labute approximate surface area is 178 Å². The van der Waals surface area contributed by atoms with Crippen LogP contribution >= 0.6 is 0 Å². The summed E-state index contributed by atoms with van der Waals surface area (Å²) in [6.45, 7) is 1.18. The van der Waals surface area contributed by atoms with Crippen LogP contribution in [0.25, 0.3) is 16.7 Å². The van der Waals surface area contributed by atoms with E-state index in [4.69, 9.17) is 4.74 Å². The highest BCUT2D eigenvalue weighted by Crippen LogP contribution is 2.25. The molecule has 8 nitrogen and oxygen atoms in total. The molecule has 0 aliphatic carbocycles. The van der Waals surface area contributed by atoms with Gasteiger partial charge in [-0.15, -0.1) is 0 Å². The van der Waals surface area contributed by atoms with Crippen LogP contribution in [-0.4, -0.2) is 50.3 Å². The van der Waals surface area contributed by atoms with Crippen LogP contribution in [0.15, 0.2) is 65.6 Å². The predicted octanol–water partition coefficient (Wildman–Crippen LogP) is 3.00. The maximum Gasteiger partial charge on any atom is 0.326 e. The van der Waals surface area contributed by atoms with Crippen molar-refractivity contribution in [2.24, 2.45) is 0 Å². The van der Waals surface area contributed by atoms with Crippen LogP contribution in [0.3, 0.4) is 0 Å². The standard InChI is InChI=1S/C23H23N5O3/c1-31-18-8-6-16(7-9-18)27-15-12-20(25-27)22(29)26-13-10-17(11-14-26)28-21-5-3-2-4-19(21)24-23(28)30/h2-9,12,15,17H,10-11,13-14H2,1H3,(H,24,30). The van der Waals surface area contributed by atoms with Crippen LogP contribution < -0.4 is 10.4 Å². The fourth-order valence-electron chi connectivity index (χ4n) is 4.24. The number of rotatable bonds is 4. The number of benzene rings is 2. The molecule has 4 aromatic rings. The third kappa shape index (κ3) is 3.50. The maximum atomic E-state index is 13.0. The van der Waals surface area contributed by atoms with E-state index in [2.05, 4.69) is 10.1 Å². The number of aromatic amines is 1. The molecule has 3 heterocycles. The average Bonchev–Trinajstić information content (AvgIpc) is 3.43. The van der Waals surface area contributed by atoms with Crippen molar-refractivity contribution in [2.45, 2.75) is 18.9 Å². The topological polar surface area (TPSA) is 85.1 Å². The van der Waals surface area contributed by atoms with Crippen LogP contribution in [0.4, 0.5) is 0 Å². The number of amides is 1. The number of likely N-dealkylation sites (tertiary alicyclic amines) is 1. The van der Waals surface area contributed by atoms with E-state index in [9.17, 15) is 9.59 Å². The van der Waals surface area contributed by atoms with Crippen molar-refractivity contribution in [3.63, 3.8) is 0 Å². The Morgan fingerprint density at radius 3 is 2.55 bits per heavy atom.